The molecule has 3 atom stereocenters. The summed E-state index contributed by atoms with van der Waals surface area (Å²) in [5, 5.41) is 3.14. The van der Waals surface area contributed by atoms with E-state index in [1.54, 1.807) is 0 Å². The van der Waals surface area contributed by atoms with Crippen molar-refractivity contribution in [1.29, 1.82) is 0 Å². The molecule has 1 aromatic rings. The quantitative estimate of drug-likeness (QED) is 0.898. The average molecular weight is 311 g/mol. The Morgan fingerprint density at radius 1 is 1.38 bits per heavy atom. The molecule has 0 heterocycles. The standard InChI is InChI=1S/C17H26N2O.ClH/c1-11-4-5-14(12(2)8-11)9-13(3)19-17(20)15-6-7-16(18)10-15;/h4-5,8,13,15-16H,6-7,9-10,18H2,1-3H3,(H,19,20);1H. The fourth-order valence-electron chi connectivity index (χ4n) is 3.07. The normalized spacial score (nSPS) is 22.5. The lowest BCUT2D eigenvalue weighted by Crippen LogP contribution is -2.38. The van der Waals surface area contributed by atoms with Crippen LogP contribution in [0.4, 0.5) is 0 Å². The lowest BCUT2D eigenvalue weighted by Gasteiger charge is -2.18. The van der Waals surface area contributed by atoms with Crippen molar-refractivity contribution < 1.29 is 4.79 Å². The largest absolute Gasteiger partial charge is 0.353 e. The topological polar surface area (TPSA) is 55.1 Å². The minimum absolute atomic E-state index is 0. The summed E-state index contributed by atoms with van der Waals surface area (Å²) in [5.74, 6) is 0.293. The molecule has 0 bridgehead atoms. The molecule has 1 fully saturated rings. The van der Waals surface area contributed by atoms with E-state index in [0.29, 0.717) is 0 Å². The van der Waals surface area contributed by atoms with Crippen molar-refractivity contribution >= 4 is 18.3 Å². The van der Waals surface area contributed by atoms with Crippen molar-refractivity contribution in [2.75, 3.05) is 0 Å². The molecule has 0 aromatic heterocycles. The highest BCUT2D eigenvalue weighted by Gasteiger charge is 2.28. The van der Waals surface area contributed by atoms with Gasteiger partial charge in [0.1, 0.15) is 0 Å². The molecule has 1 aliphatic carbocycles. The van der Waals surface area contributed by atoms with Gasteiger partial charge in [-0.15, -0.1) is 12.4 Å². The third-order valence-corrected chi connectivity index (χ3v) is 4.26. The highest BCUT2D eigenvalue weighted by atomic mass is 35.5. The molecule has 1 saturated carbocycles. The highest BCUT2D eigenvalue weighted by molar-refractivity contribution is 5.85. The molecule has 0 aliphatic heterocycles. The van der Waals surface area contributed by atoms with E-state index in [9.17, 15) is 4.79 Å². The van der Waals surface area contributed by atoms with Crippen LogP contribution in [0.3, 0.4) is 0 Å². The number of benzene rings is 1. The van der Waals surface area contributed by atoms with E-state index in [1.165, 1.54) is 16.7 Å². The second kappa shape index (κ2) is 7.81. The summed E-state index contributed by atoms with van der Waals surface area (Å²) < 4.78 is 0. The van der Waals surface area contributed by atoms with Gasteiger partial charge in [-0.2, -0.15) is 0 Å². The van der Waals surface area contributed by atoms with Crippen LogP contribution in [0, 0.1) is 19.8 Å². The number of carbonyl (C=O) groups is 1. The van der Waals surface area contributed by atoms with E-state index in [0.717, 1.165) is 25.7 Å². The predicted octanol–water partition coefficient (Wildman–Crippen LogP) is 2.90. The number of hydrogen-bond donors (Lipinski definition) is 2. The second-order valence-corrected chi connectivity index (χ2v) is 6.31. The van der Waals surface area contributed by atoms with Gasteiger partial charge in [-0.1, -0.05) is 23.8 Å². The fraction of sp³-hybridized carbons (Fsp3) is 0.588. The van der Waals surface area contributed by atoms with Crippen LogP contribution in [0.25, 0.3) is 0 Å². The first-order chi connectivity index (χ1) is 9.45. The summed E-state index contributed by atoms with van der Waals surface area (Å²) in [6, 6.07) is 6.87. The zero-order valence-electron chi connectivity index (χ0n) is 13.2. The summed E-state index contributed by atoms with van der Waals surface area (Å²) >= 11 is 0. The smallest absolute Gasteiger partial charge is 0.223 e. The maximum atomic E-state index is 12.2. The van der Waals surface area contributed by atoms with Gasteiger partial charge in [0.25, 0.3) is 0 Å². The molecule has 118 valence electrons. The zero-order chi connectivity index (χ0) is 14.7. The van der Waals surface area contributed by atoms with Crippen LogP contribution >= 0.6 is 12.4 Å². The molecule has 0 saturated heterocycles. The first kappa shape index (κ1) is 18.0. The Balaban J connectivity index is 0.00000220. The Morgan fingerprint density at radius 3 is 2.67 bits per heavy atom. The van der Waals surface area contributed by atoms with Gasteiger partial charge >= 0.3 is 0 Å². The fourth-order valence-corrected chi connectivity index (χ4v) is 3.07. The highest BCUT2D eigenvalue weighted by Crippen LogP contribution is 2.24. The molecule has 0 spiro atoms. The van der Waals surface area contributed by atoms with Crippen molar-refractivity contribution in [3.8, 4) is 0 Å². The minimum Gasteiger partial charge on any atom is -0.353 e. The number of amides is 1. The molecular weight excluding hydrogens is 284 g/mol. The van der Waals surface area contributed by atoms with Crippen LogP contribution < -0.4 is 11.1 Å². The average Bonchev–Trinajstić information content (AvgIpc) is 2.79. The molecule has 4 heteroatoms. The van der Waals surface area contributed by atoms with Crippen molar-refractivity contribution in [2.45, 2.75) is 58.5 Å². The summed E-state index contributed by atoms with van der Waals surface area (Å²) in [6.07, 6.45) is 3.63. The molecule has 1 aromatic carbocycles. The van der Waals surface area contributed by atoms with E-state index >= 15 is 0 Å². The van der Waals surface area contributed by atoms with Crippen LogP contribution in [0.2, 0.25) is 0 Å². The first-order valence-electron chi connectivity index (χ1n) is 7.57. The Kier molecular flexibility index (Phi) is 6.69. The molecule has 3 unspecified atom stereocenters. The zero-order valence-corrected chi connectivity index (χ0v) is 14.0. The van der Waals surface area contributed by atoms with E-state index < -0.39 is 0 Å². The van der Waals surface area contributed by atoms with Gasteiger partial charge in [-0.3, -0.25) is 4.79 Å². The number of nitrogens with two attached hydrogens (primary N) is 1. The molecular formula is C17H27ClN2O. The summed E-state index contributed by atoms with van der Waals surface area (Å²) in [6.45, 7) is 6.31. The van der Waals surface area contributed by atoms with E-state index in [2.05, 4.69) is 44.3 Å². The Labute approximate surface area is 134 Å². The molecule has 0 radical (unpaired) electrons. The van der Waals surface area contributed by atoms with Gasteiger partial charge in [-0.05, 0) is 57.6 Å². The van der Waals surface area contributed by atoms with Gasteiger partial charge in [0.05, 0.1) is 0 Å². The Bertz CT molecular complexity index is 490. The summed E-state index contributed by atoms with van der Waals surface area (Å²) in [5.41, 5.74) is 9.76. The third kappa shape index (κ3) is 5.01. The van der Waals surface area contributed by atoms with Crippen molar-refractivity contribution in [1.82, 2.24) is 5.32 Å². The Morgan fingerprint density at radius 2 is 2.10 bits per heavy atom. The number of carbonyl (C=O) groups excluding carboxylic acids is 1. The third-order valence-electron chi connectivity index (χ3n) is 4.26. The SMILES string of the molecule is Cc1ccc(CC(C)NC(=O)C2CCC(N)C2)c(C)c1.Cl. The van der Waals surface area contributed by atoms with E-state index in [4.69, 9.17) is 5.73 Å². The summed E-state index contributed by atoms with van der Waals surface area (Å²) in [4.78, 5) is 12.2. The molecule has 3 N–H and O–H groups in total. The van der Waals surface area contributed by atoms with E-state index in [1.807, 2.05) is 0 Å². The number of hydrogen-bond acceptors (Lipinski definition) is 2. The van der Waals surface area contributed by atoms with Gasteiger partial charge in [0.15, 0.2) is 0 Å². The monoisotopic (exact) mass is 310 g/mol. The van der Waals surface area contributed by atoms with Crippen LogP contribution in [0.15, 0.2) is 18.2 Å². The number of aryl methyl sites for hydroxylation is 2. The lowest BCUT2D eigenvalue weighted by atomic mass is 9.99. The molecule has 1 aliphatic rings. The molecule has 3 nitrogen and oxygen atoms in total. The van der Waals surface area contributed by atoms with Crippen LogP contribution in [0.5, 0.6) is 0 Å². The van der Waals surface area contributed by atoms with Crippen LogP contribution in [-0.2, 0) is 11.2 Å². The van der Waals surface area contributed by atoms with Crippen LogP contribution in [-0.4, -0.2) is 18.0 Å². The Hall–Kier alpha value is -1.06. The lowest BCUT2D eigenvalue weighted by molar-refractivity contribution is -0.125. The van der Waals surface area contributed by atoms with Crippen LogP contribution in [0.1, 0.15) is 42.9 Å². The summed E-state index contributed by atoms with van der Waals surface area (Å²) in [7, 11) is 0. The first-order valence-corrected chi connectivity index (χ1v) is 7.57. The van der Waals surface area contributed by atoms with E-state index in [-0.39, 0.29) is 36.3 Å². The van der Waals surface area contributed by atoms with Gasteiger partial charge in [0.2, 0.25) is 5.91 Å². The maximum absolute atomic E-state index is 12.2. The second-order valence-electron chi connectivity index (χ2n) is 6.31. The molecule has 21 heavy (non-hydrogen) atoms. The molecule has 1 amide bonds. The van der Waals surface area contributed by atoms with Crippen molar-refractivity contribution in [3.05, 3.63) is 34.9 Å². The number of nitrogens with one attached hydrogen (secondary N) is 1. The van der Waals surface area contributed by atoms with Crippen molar-refractivity contribution in [2.24, 2.45) is 11.7 Å². The van der Waals surface area contributed by atoms with Crippen molar-refractivity contribution in [3.63, 3.8) is 0 Å². The minimum atomic E-state index is 0. The van der Waals surface area contributed by atoms with Gasteiger partial charge in [-0.25, -0.2) is 0 Å². The molecule has 2 rings (SSSR count). The number of halogens is 1. The predicted molar refractivity (Wildman–Crippen MR) is 89.8 cm³/mol. The van der Waals surface area contributed by atoms with Gasteiger partial charge in [0, 0.05) is 18.0 Å². The van der Waals surface area contributed by atoms with Gasteiger partial charge < -0.3 is 11.1 Å². The maximum Gasteiger partial charge on any atom is 0.223 e. The number of rotatable bonds is 4.